The second-order valence-electron chi connectivity index (χ2n) is 5.05. The van der Waals surface area contributed by atoms with Crippen LogP contribution in [0.5, 0.6) is 0 Å². The first-order valence-corrected chi connectivity index (χ1v) is 8.37. The molecule has 2 aromatic carbocycles. The molecule has 0 saturated carbocycles. The van der Waals surface area contributed by atoms with Gasteiger partial charge in [0.1, 0.15) is 5.88 Å². The van der Waals surface area contributed by atoms with Gasteiger partial charge >= 0.3 is 5.69 Å². The molecule has 0 aliphatic carbocycles. The Hall–Kier alpha value is -2.28. The Bertz CT molecular complexity index is 980. The molecule has 1 amide bonds. The van der Waals surface area contributed by atoms with E-state index in [0.717, 1.165) is 0 Å². The smallest absolute Gasteiger partial charge is 0.325 e. The Morgan fingerprint density at radius 1 is 1.12 bits per heavy atom. The highest BCUT2D eigenvalue weighted by Crippen LogP contribution is 2.28. The molecule has 1 aromatic heterocycles. The molecule has 0 atom stereocenters. The van der Waals surface area contributed by atoms with Gasteiger partial charge in [0.25, 0.3) is 0 Å². The molecule has 0 spiro atoms. The number of aromatic amines is 1. The number of carbonyl (C=O) groups is 1. The van der Waals surface area contributed by atoms with Gasteiger partial charge in [0.05, 0.1) is 15.7 Å². The largest absolute Gasteiger partial charge is 0.362 e. The van der Waals surface area contributed by atoms with Crippen molar-refractivity contribution in [3.63, 3.8) is 0 Å². The summed E-state index contributed by atoms with van der Waals surface area (Å²) < 4.78 is 1.52. The molecule has 0 fully saturated rings. The number of alkyl halides is 1. The van der Waals surface area contributed by atoms with E-state index in [1.54, 1.807) is 42.5 Å². The Morgan fingerprint density at radius 3 is 2.48 bits per heavy atom. The molecule has 0 aliphatic heterocycles. The standard InChI is InChI=1S/C16H11Cl3N4O2/c17-8-14(24)20-10-2-4-11(5-3-10)23-15(21-16(25)22-23)9-1-6-12(18)13(19)7-9/h1-7H,8H2,(H,20,24)(H,22,25). The number of anilines is 1. The summed E-state index contributed by atoms with van der Waals surface area (Å²) in [6.45, 7) is 0. The molecule has 9 heteroatoms. The third-order valence-electron chi connectivity index (χ3n) is 3.34. The lowest BCUT2D eigenvalue weighted by Gasteiger charge is -2.09. The van der Waals surface area contributed by atoms with Gasteiger partial charge < -0.3 is 5.32 Å². The normalized spacial score (nSPS) is 10.7. The average Bonchev–Trinajstić information content (AvgIpc) is 2.99. The number of amides is 1. The molecule has 3 aromatic rings. The fourth-order valence-electron chi connectivity index (χ4n) is 2.22. The van der Waals surface area contributed by atoms with Gasteiger partial charge in [-0.2, -0.15) is 4.98 Å². The molecule has 0 radical (unpaired) electrons. The lowest BCUT2D eigenvalue weighted by atomic mass is 10.2. The Labute approximate surface area is 157 Å². The van der Waals surface area contributed by atoms with Crippen LogP contribution < -0.4 is 11.0 Å². The Kier molecular flexibility index (Phi) is 5.13. The monoisotopic (exact) mass is 396 g/mol. The van der Waals surface area contributed by atoms with Crippen LogP contribution in [-0.2, 0) is 4.79 Å². The number of benzene rings is 2. The molecule has 128 valence electrons. The maximum absolute atomic E-state index is 11.7. The van der Waals surface area contributed by atoms with Crippen molar-refractivity contribution in [2.45, 2.75) is 0 Å². The maximum atomic E-state index is 11.7. The second-order valence-corrected chi connectivity index (χ2v) is 6.13. The molecular weight excluding hydrogens is 387 g/mol. The third-order valence-corrected chi connectivity index (χ3v) is 4.32. The van der Waals surface area contributed by atoms with Crippen molar-refractivity contribution in [1.29, 1.82) is 0 Å². The zero-order chi connectivity index (χ0) is 18.0. The number of carbonyl (C=O) groups excluding carboxylic acids is 1. The number of nitrogens with zero attached hydrogens (tertiary/aromatic N) is 2. The van der Waals surface area contributed by atoms with Crippen LogP contribution in [-0.4, -0.2) is 26.6 Å². The van der Waals surface area contributed by atoms with E-state index in [0.29, 0.717) is 32.8 Å². The van der Waals surface area contributed by atoms with Gasteiger partial charge in [0.2, 0.25) is 5.91 Å². The van der Waals surface area contributed by atoms with E-state index >= 15 is 0 Å². The highest BCUT2D eigenvalue weighted by molar-refractivity contribution is 6.42. The summed E-state index contributed by atoms with van der Waals surface area (Å²) in [5.41, 5.74) is 1.38. The summed E-state index contributed by atoms with van der Waals surface area (Å²) in [5.74, 6) is -0.0408. The van der Waals surface area contributed by atoms with Gasteiger partial charge in [-0.25, -0.2) is 14.6 Å². The molecule has 0 saturated heterocycles. The van der Waals surface area contributed by atoms with Gasteiger partial charge in [-0.3, -0.25) is 4.79 Å². The van der Waals surface area contributed by atoms with E-state index in [-0.39, 0.29) is 11.8 Å². The van der Waals surface area contributed by atoms with Crippen molar-refractivity contribution in [1.82, 2.24) is 14.8 Å². The lowest BCUT2D eigenvalue weighted by Crippen LogP contribution is -2.12. The van der Waals surface area contributed by atoms with Crippen molar-refractivity contribution < 1.29 is 4.79 Å². The molecule has 2 N–H and O–H groups in total. The topological polar surface area (TPSA) is 79.8 Å². The lowest BCUT2D eigenvalue weighted by molar-refractivity contribution is -0.113. The van der Waals surface area contributed by atoms with E-state index in [9.17, 15) is 9.59 Å². The van der Waals surface area contributed by atoms with Crippen LogP contribution in [0.25, 0.3) is 17.1 Å². The van der Waals surface area contributed by atoms with Crippen LogP contribution in [0.15, 0.2) is 47.3 Å². The summed E-state index contributed by atoms with van der Waals surface area (Å²) >= 11 is 17.4. The van der Waals surface area contributed by atoms with Crippen molar-refractivity contribution in [3.8, 4) is 17.1 Å². The molecule has 0 bridgehead atoms. The third kappa shape index (κ3) is 3.87. The van der Waals surface area contributed by atoms with Crippen LogP contribution in [0, 0.1) is 0 Å². The molecule has 3 rings (SSSR count). The predicted molar refractivity (Wildman–Crippen MR) is 99.0 cm³/mol. The van der Waals surface area contributed by atoms with Crippen molar-refractivity contribution in [2.24, 2.45) is 0 Å². The molecule has 0 unspecified atom stereocenters. The Morgan fingerprint density at radius 2 is 1.84 bits per heavy atom. The minimum Gasteiger partial charge on any atom is -0.325 e. The number of halogens is 3. The highest BCUT2D eigenvalue weighted by atomic mass is 35.5. The molecule has 6 nitrogen and oxygen atoms in total. The second kappa shape index (κ2) is 7.31. The van der Waals surface area contributed by atoms with E-state index in [1.807, 2.05) is 0 Å². The Balaban J connectivity index is 1.99. The first kappa shape index (κ1) is 17.5. The SMILES string of the molecule is O=C(CCl)Nc1ccc(-n2[nH]c(=O)nc2-c2ccc(Cl)c(Cl)c2)cc1. The average molecular weight is 398 g/mol. The number of hydrogen-bond acceptors (Lipinski definition) is 3. The van der Waals surface area contributed by atoms with Crippen molar-refractivity contribution >= 4 is 46.4 Å². The first-order valence-electron chi connectivity index (χ1n) is 7.08. The molecule has 25 heavy (non-hydrogen) atoms. The number of nitrogens with one attached hydrogen (secondary N) is 2. The summed E-state index contributed by atoms with van der Waals surface area (Å²) in [6, 6.07) is 11.8. The fraction of sp³-hybridized carbons (Fsp3) is 0.0625. The van der Waals surface area contributed by atoms with Crippen LogP contribution in [0.1, 0.15) is 0 Å². The minimum atomic E-state index is -0.499. The predicted octanol–water partition coefficient (Wildman–Crippen LogP) is 3.71. The zero-order valence-electron chi connectivity index (χ0n) is 12.6. The van der Waals surface area contributed by atoms with Gasteiger partial charge in [0, 0.05) is 11.3 Å². The fourth-order valence-corrected chi connectivity index (χ4v) is 2.59. The quantitative estimate of drug-likeness (QED) is 0.659. The highest BCUT2D eigenvalue weighted by Gasteiger charge is 2.12. The summed E-state index contributed by atoms with van der Waals surface area (Å²) in [7, 11) is 0. The molecule has 1 heterocycles. The zero-order valence-corrected chi connectivity index (χ0v) is 14.9. The van der Waals surface area contributed by atoms with Crippen molar-refractivity contribution in [3.05, 3.63) is 63.0 Å². The van der Waals surface area contributed by atoms with Crippen molar-refractivity contribution in [2.75, 3.05) is 11.2 Å². The van der Waals surface area contributed by atoms with Crippen LogP contribution >= 0.6 is 34.8 Å². The number of H-pyrrole nitrogens is 1. The van der Waals surface area contributed by atoms with E-state index < -0.39 is 5.69 Å². The number of rotatable bonds is 4. The van der Waals surface area contributed by atoms with Gasteiger partial charge in [0.15, 0.2) is 5.82 Å². The minimum absolute atomic E-state index is 0.127. The maximum Gasteiger partial charge on any atom is 0.362 e. The van der Waals surface area contributed by atoms with E-state index in [2.05, 4.69) is 15.4 Å². The van der Waals surface area contributed by atoms with Crippen LogP contribution in [0.2, 0.25) is 10.0 Å². The van der Waals surface area contributed by atoms with Gasteiger partial charge in [-0.05, 0) is 42.5 Å². The van der Waals surface area contributed by atoms with Crippen LogP contribution in [0.4, 0.5) is 5.69 Å². The van der Waals surface area contributed by atoms with E-state index in [4.69, 9.17) is 34.8 Å². The first-order chi connectivity index (χ1) is 12.0. The summed E-state index contributed by atoms with van der Waals surface area (Å²) in [5, 5.41) is 6.04. The summed E-state index contributed by atoms with van der Waals surface area (Å²) in [6.07, 6.45) is 0. The summed E-state index contributed by atoms with van der Waals surface area (Å²) in [4.78, 5) is 27.0. The number of hydrogen-bond donors (Lipinski definition) is 2. The molecular formula is C16H11Cl3N4O2. The molecule has 0 aliphatic rings. The van der Waals surface area contributed by atoms with Gasteiger partial charge in [-0.15, -0.1) is 11.6 Å². The van der Waals surface area contributed by atoms with Crippen LogP contribution in [0.3, 0.4) is 0 Å². The number of aromatic nitrogens is 3. The van der Waals surface area contributed by atoms with E-state index in [1.165, 1.54) is 4.68 Å². The van der Waals surface area contributed by atoms with Gasteiger partial charge in [-0.1, -0.05) is 23.2 Å².